The molecule has 0 aliphatic rings. The van der Waals surface area contributed by atoms with Crippen molar-refractivity contribution in [3.8, 4) is 11.4 Å². The van der Waals surface area contributed by atoms with Crippen molar-refractivity contribution < 1.29 is 23.6 Å². The zero-order valence-electron chi connectivity index (χ0n) is 17.0. The number of esters is 1. The number of ether oxygens (including phenoxy) is 1. The average molecular weight is 470 g/mol. The number of anilines is 2. The predicted molar refractivity (Wildman–Crippen MR) is 119 cm³/mol. The number of benzene rings is 2. The lowest BCUT2D eigenvalue weighted by atomic mass is 10.1. The highest BCUT2D eigenvalue weighted by molar-refractivity contribution is 6.31. The first-order valence-electron chi connectivity index (χ1n) is 9.52. The summed E-state index contributed by atoms with van der Waals surface area (Å²) < 4.78 is 9.22. The van der Waals surface area contributed by atoms with Crippen LogP contribution >= 0.6 is 11.6 Å². The Balaban J connectivity index is 1.59. The molecule has 33 heavy (non-hydrogen) atoms. The molecule has 0 atom stereocenters. The van der Waals surface area contributed by atoms with Gasteiger partial charge in [-0.25, -0.2) is 4.79 Å². The third kappa shape index (κ3) is 4.93. The number of H-pyrrole nitrogens is 2. The van der Waals surface area contributed by atoms with E-state index < -0.39 is 30.1 Å². The van der Waals surface area contributed by atoms with E-state index in [1.807, 2.05) is 0 Å². The number of hydrogen-bond acceptors (Lipinski definition) is 7. The lowest BCUT2D eigenvalue weighted by molar-refractivity contribution is -0.144. The van der Waals surface area contributed by atoms with Crippen molar-refractivity contribution in [2.24, 2.45) is 0 Å². The molecule has 0 unspecified atom stereocenters. The van der Waals surface area contributed by atoms with Gasteiger partial charge >= 0.3 is 11.7 Å². The van der Waals surface area contributed by atoms with E-state index in [-0.39, 0.29) is 11.5 Å². The van der Waals surface area contributed by atoms with Crippen LogP contribution in [0.5, 0.6) is 0 Å². The topological polar surface area (TPSA) is 159 Å². The SMILES string of the molecule is CC(=O)OCC(=O)Nc1cccc2cc(C(=O)Nc3ccc(Cl)cc3-c3noc(=O)[nH]3)[nH]c12. The number of amides is 2. The van der Waals surface area contributed by atoms with Crippen LogP contribution in [-0.2, 0) is 14.3 Å². The fraction of sp³-hybridized carbons (Fsp3) is 0.0952. The molecule has 0 aliphatic carbocycles. The molecule has 0 spiro atoms. The molecule has 0 bridgehead atoms. The van der Waals surface area contributed by atoms with E-state index >= 15 is 0 Å². The predicted octanol–water partition coefficient (Wildman–Crippen LogP) is 2.92. The Hall–Kier alpha value is -4.38. The number of hydrogen-bond donors (Lipinski definition) is 4. The van der Waals surface area contributed by atoms with Gasteiger partial charge in [0.05, 0.1) is 16.9 Å². The van der Waals surface area contributed by atoms with Gasteiger partial charge in [0.15, 0.2) is 12.4 Å². The maximum absolute atomic E-state index is 12.9. The summed E-state index contributed by atoms with van der Waals surface area (Å²) in [6, 6.07) is 11.4. The second-order valence-corrected chi connectivity index (χ2v) is 7.31. The van der Waals surface area contributed by atoms with Gasteiger partial charge in [-0.15, -0.1) is 0 Å². The molecule has 2 heterocycles. The summed E-state index contributed by atoms with van der Waals surface area (Å²) in [5, 5.41) is 10.0. The van der Waals surface area contributed by atoms with Gasteiger partial charge in [0.25, 0.3) is 11.8 Å². The Labute approximate surface area is 190 Å². The zero-order chi connectivity index (χ0) is 23.5. The van der Waals surface area contributed by atoms with Crippen LogP contribution in [0, 0.1) is 0 Å². The van der Waals surface area contributed by atoms with Gasteiger partial charge in [0, 0.05) is 22.9 Å². The molecule has 0 fully saturated rings. The summed E-state index contributed by atoms with van der Waals surface area (Å²) in [4.78, 5) is 52.5. The maximum atomic E-state index is 12.9. The standard InChI is InChI=1S/C21H16ClN5O6/c1-10(28)32-9-17(29)23-15-4-2-3-11-7-16(24-18(11)15)20(30)25-14-6-5-12(22)8-13(14)19-26-21(31)33-27-19/h2-8,24H,9H2,1H3,(H,23,29)(H,25,30)(H,26,27,31). The molecule has 4 rings (SSSR count). The first-order chi connectivity index (χ1) is 15.8. The molecule has 0 saturated carbocycles. The fourth-order valence-corrected chi connectivity index (χ4v) is 3.27. The second-order valence-electron chi connectivity index (χ2n) is 6.87. The van der Waals surface area contributed by atoms with Crippen LogP contribution in [0.3, 0.4) is 0 Å². The van der Waals surface area contributed by atoms with Gasteiger partial charge in [0.2, 0.25) is 0 Å². The molecule has 12 heteroatoms. The molecule has 2 amide bonds. The fourth-order valence-electron chi connectivity index (χ4n) is 3.09. The molecule has 0 saturated heterocycles. The highest BCUT2D eigenvalue weighted by Crippen LogP contribution is 2.29. The largest absolute Gasteiger partial charge is 0.456 e. The first-order valence-corrected chi connectivity index (χ1v) is 9.90. The van der Waals surface area contributed by atoms with Gasteiger partial charge < -0.3 is 20.4 Å². The van der Waals surface area contributed by atoms with Crippen LogP contribution in [-0.4, -0.2) is 39.5 Å². The van der Waals surface area contributed by atoms with Crippen LogP contribution in [0.4, 0.5) is 11.4 Å². The molecule has 0 aliphatic heterocycles. The number of halogens is 1. The highest BCUT2D eigenvalue weighted by atomic mass is 35.5. The molecule has 4 aromatic rings. The Kier molecular flexibility index (Phi) is 5.96. The van der Waals surface area contributed by atoms with Crippen molar-refractivity contribution in [3.63, 3.8) is 0 Å². The summed E-state index contributed by atoms with van der Waals surface area (Å²) in [6.45, 7) is 0.777. The van der Waals surface area contributed by atoms with Gasteiger partial charge in [-0.05, 0) is 30.3 Å². The molecule has 2 aromatic carbocycles. The van der Waals surface area contributed by atoms with Crippen molar-refractivity contribution in [1.82, 2.24) is 15.1 Å². The molecule has 0 radical (unpaired) electrons. The monoisotopic (exact) mass is 469 g/mol. The Morgan fingerprint density at radius 1 is 1.09 bits per heavy atom. The normalized spacial score (nSPS) is 10.7. The molecular formula is C21H16ClN5O6. The number of nitrogens with one attached hydrogen (secondary N) is 4. The lowest BCUT2D eigenvalue weighted by Crippen LogP contribution is -2.20. The van der Waals surface area contributed by atoms with E-state index in [4.69, 9.17) is 11.6 Å². The van der Waals surface area contributed by atoms with Crippen molar-refractivity contribution in [2.75, 3.05) is 17.2 Å². The molecule has 168 valence electrons. The number of carbonyl (C=O) groups excluding carboxylic acids is 3. The van der Waals surface area contributed by atoms with Crippen molar-refractivity contribution >= 4 is 51.7 Å². The minimum absolute atomic E-state index is 0.104. The molecule has 2 aromatic heterocycles. The summed E-state index contributed by atoms with van der Waals surface area (Å²) in [7, 11) is 0. The Morgan fingerprint density at radius 2 is 1.91 bits per heavy atom. The Morgan fingerprint density at radius 3 is 2.64 bits per heavy atom. The minimum atomic E-state index is -0.749. The number of para-hydroxylation sites is 1. The first kappa shape index (κ1) is 21.8. The molecular weight excluding hydrogens is 454 g/mol. The van der Waals surface area contributed by atoms with E-state index in [2.05, 4.69) is 35.0 Å². The highest BCUT2D eigenvalue weighted by Gasteiger charge is 2.17. The zero-order valence-corrected chi connectivity index (χ0v) is 17.8. The number of nitrogens with zero attached hydrogens (tertiary/aromatic N) is 1. The van der Waals surface area contributed by atoms with Crippen LogP contribution in [0.15, 0.2) is 51.8 Å². The summed E-state index contributed by atoms with van der Waals surface area (Å²) in [5.74, 6) is -2.23. The van der Waals surface area contributed by atoms with Gasteiger partial charge in [0.1, 0.15) is 5.69 Å². The number of aromatic nitrogens is 3. The molecule has 11 nitrogen and oxygen atoms in total. The number of rotatable bonds is 6. The summed E-state index contributed by atoms with van der Waals surface area (Å²) in [5.41, 5.74) is 1.83. The van der Waals surface area contributed by atoms with Crippen molar-refractivity contribution in [2.45, 2.75) is 6.92 Å². The quantitative estimate of drug-likeness (QED) is 0.316. The van der Waals surface area contributed by atoms with E-state index in [0.29, 0.717) is 32.9 Å². The van der Waals surface area contributed by atoms with E-state index in [0.717, 1.165) is 0 Å². The van der Waals surface area contributed by atoms with Crippen LogP contribution in [0.1, 0.15) is 17.4 Å². The van der Waals surface area contributed by atoms with E-state index in [1.54, 1.807) is 36.4 Å². The average Bonchev–Trinajstić information content (AvgIpc) is 3.40. The van der Waals surface area contributed by atoms with E-state index in [9.17, 15) is 19.2 Å². The Bertz CT molecular complexity index is 1440. The second kappa shape index (κ2) is 9.01. The van der Waals surface area contributed by atoms with Crippen LogP contribution < -0.4 is 16.4 Å². The third-order valence-corrected chi connectivity index (χ3v) is 4.74. The maximum Gasteiger partial charge on any atom is 0.439 e. The third-order valence-electron chi connectivity index (χ3n) is 4.51. The van der Waals surface area contributed by atoms with Crippen LogP contribution in [0.25, 0.3) is 22.3 Å². The number of carbonyl (C=O) groups is 3. The van der Waals surface area contributed by atoms with Crippen molar-refractivity contribution in [3.05, 3.63) is 63.7 Å². The summed E-state index contributed by atoms with van der Waals surface area (Å²) in [6.07, 6.45) is 0. The van der Waals surface area contributed by atoms with Gasteiger partial charge in [-0.1, -0.05) is 28.9 Å². The lowest BCUT2D eigenvalue weighted by Gasteiger charge is -2.09. The minimum Gasteiger partial charge on any atom is -0.456 e. The van der Waals surface area contributed by atoms with E-state index in [1.165, 1.54) is 13.0 Å². The van der Waals surface area contributed by atoms with Gasteiger partial charge in [-0.3, -0.25) is 23.9 Å². The number of aromatic amines is 2. The number of fused-ring (bicyclic) bond motifs is 1. The smallest absolute Gasteiger partial charge is 0.439 e. The molecule has 4 N–H and O–H groups in total. The van der Waals surface area contributed by atoms with Crippen LogP contribution in [0.2, 0.25) is 5.02 Å². The van der Waals surface area contributed by atoms with Gasteiger partial charge in [-0.2, -0.15) is 0 Å². The van der Waals surface area contributed by atoms with Crippen molar-refractivity contribution in [1.29, 1.82) is 0 Å². The summed E-state index contributed by atoms with van der Waals surface area (Å²) >= 11 is 6.05.